The minimum Gasteiger partial charge on any atom is -0.391 e. The van der Waals surface area contributed by atoms with Crippen LogP contribution in [0.3, 0.4) is 0 Å². The number of nitrogens with zero attached hydrogens (tertiary/aromatic N) is 4. The van der Waals surface area contributed by atoms with Crippen LogP contribution < -0.4 is 5.32 Å². The van der Waals surface area contributed by atoms with Gasteiger partial charge in [0.05, 0.1) is 28.2 Å². The third-order valence-electron chi connectivity index (χ3n) is 7.32. The van der Waals surface area contributed by atoms with Gasteiger partial charge in [-0.15, -0.1) is 11.3 Å². The Morgan fingerprint density at radius 2 is 2.03 bits per heavy atom. The molecule has 5 rings (SSSR count). The smallest absolute Gasteiger partial charge is 0.257 e. The van der Waals surface area contributed by atoms with Gasteiger partial charge in [-0.3, -0.25) is 14.4 Å². The molecule has 3 aliphatic rings. The van der Waals surface area contributed by atoms with Gasteiger partial charge in [0.1, 0.15) is 11.9 Å². The molecule has 0 saturated carbocycles. The zero-order valence-electron chi connectivity index (χ0n) is 20.2. The Hall–Kier alpha value is -2.98. The fourth-order valence-electron chi connectivity index (χ4n) is 5.33. The zero-order chi connectivity index (χ0) is 25.6. The van der Waals surface area contributed by atoms with Crippen molar-refractivity contribution in [2.75, 3.05) is 13.1 Å². The molecule has 36 heavy (non-hydrogen) atoms. The first-order valence-corrected chi connectivity index (χ1v) is 12.9. The molecule has 1 unspecified atom stereocenters. The standard InChI is InChI=1S/C24H26B2N5O4S/c1-13-19(36-12-27-13)14-5-7-15(8-6-14)24(2)22(34)28-20(29-24)18-10-16(32)11-31(18)21(33)17-4-3-9-30(17)23(35)26-25/h5-8,12,16-18,32H,3-4,9-11H2,1-2H3,(H,28,29,34)/t16-,17+,18?,24+/m1/s1. The van der Waals surface area contributed by atoms with Crippen LogP contribution in [0.1, 0.15) is 37.4 Å². The van der Waals surface area contributed by atoms with Crippen LogP contribution in [0.25, 0.3) is 10.4 Å². The molecule has 9 nitrogen and oxygen atoms in total. The summed E-state index contributed by atoms with van der Waals surface area (Å²) in [6.45, 7) is 4.27. The maximum atomic E-state index is 13.5. The number of nitrogens with one attached hydrogen (secondary N) is 1. The largest absolute Gasteiger partial charge is 0.391 e. The van der Waals surface area contributed by atoms with Crippen LogP contribution in [0.2, 0.25) is 0 Å². The molecule has 183 valence electrons. The topological polar surface area (TPSA) is 115 Å². The fourth-order valence-corrected chi connectivity index (χ4v) is 6.14. The molecule has 12 heteroatoms. The van der Waals surface area contributed by atoms with Gasteiger partial charge in [0.25, 0.3) is 5.91 Å². The Bertz CT molecular complexity index is 1240. The molecule has 3 radical (unpaired) electrons. The van der Waals surface area contributed by atoms with E-state index in [1.54, 1.807) is 23.8 Å². The normalized spacial score (nSPS) is 27.8. The highest BCUT2D eigenvalue weighted by molar-refractivity contribution is 7.13. The molecular weight excluding hydrogens is 476 g/mol. The van der Waals surface area contributed by atoms with Crippen molar-refractivity contribution < 1.29 is 19.5 Å². The van der Waals surface area contributed by atoms with E-state index in [0.717, 1.165) is 28.9 Å². The Labute approximate surface area is 215 Å². The molecular formula is C24H26B2N5O4S. The van der Waals surface area contributed by atoms with Crippen molar-refractivity contribution in [3.8, 4) is 10.4 Å². The van der Waals surface area contributed by atoms with Gasteiger partial charge in [-0.1, -0.05) is 24.3 Å². The minimum atomic E-state index is -1.16. The van der Waals surface area contributed by atoms with E-state index in [9.17, 15) is 19.5 Å². The van der Waals surface area contributed by atoms with Gasteiger partial charge in [-0.05, 0) is 37.8 Å². The second kappa shape index (κ2) is 9.48. The number of carbonyl (C=O) groups is 3. The SMILES string of the molecule is [B][B]C(=O)N1CCC[C@H]1C(=O)N1C[C@H](O)CC1C1=N[C@@](C)(c2ccc(-c3scnc3C)cc2)C(=O)N1. The van der Waals surface area contributed by atoms with Crippen molar-refractivity contribution >= 4 is 49.7 Å². The van der Waals surface area contributed by atoms with Crippen molar-refractivity contribution in [1.82, 2.24) is 20.1 Å². The average Bonchev–Trinajstić information content (AvgIpc) is 3.66. The van der Waals surface area contributed by atoms with Crippen LogP contribution in [0, 0.1) is 6.92 Å². The summed E-state index contributed by atoms with van der Waals surface area (Å²) < 4.78 is 0. The molecule has 4 heterocycles. The predicted molar refractivity (Wildman–Crippen MR) is 138 cm³/mol. The summed E-state index contributed by atoms with van der Waals surface area (Å²) in [5, 5.41) is 13.3. The van der Waals surface area contributed by atoms with E-state index in [2.05, 4.69) is 10.3 Å². The summed E-state index contributed by atoms with van der Waals surface area (Å²) in [5.74, 6) is -0.586. The Morgan fingerprint density at radius 1 is 1.28 bits per heavy atom. The van der Waals surface area contributed by atoms with E-state index >= 15 is 0 Å². The fraction of sp³-hybridized carbons (Fsp3) is 0.458. The Kier molecular flexibility index (Phi) is 6.50. The van der Waals surface area contributed by atoms with Crippen LogP contribution in [0.4, 0.5) is 4.79 Å². The number of hydrogen-bond acceptors (Lipinski definition) is 7. The number of likely N-dealkylation sites (tertiary alicyclic amines) is 2. The molecule has 2 fully saturated rings. The van der Waals surface area contributed by atoms with Crippen molar-refractivity contribution in [2.45, 2.75) is 56.8 Å². The number of aliphatic hydroxyl groups is 1. The molecule has 1 aromatic carbocycles. The molecule has 1 aromatic heterocycles. The van der Waals surface area contributed by atoms with Crippen molar-refractivity contribution in [1.29, 1.82) is 0 Å². The first kappa shape index (κ1) is 24.7. The number of aliphatic hydroxyl groups excluding tert-OH is 1. The van der Waals surface area contributed by atoms with Gasteiger partial charge >= 0.3 is 0 Å². The molecule has 0 aliphatic carbocycles. The van der Waals surface area contributed by atoms with Gasteiger partial charge in [0, 0.05) is 27.2 Å². The quantitative estimate of drug-likeness (QED) is 0.597. The van der Waals surface area contributed by atoms with Crippen LogP contribution in [-0.4, -0.2) is 89.5 Å². The Balaban J connectivity index is 1.40. The van der Waals surface area contributed by atoms with Crippen LogP contribution >= 0.6 is 11.3 Å². The summed E-state index contributed by atoms with van der Waals surface area (Å²) in [7, 11) is 6.38. The van der Waals surface area contributed by atoms with Gasteiger partial charge in [0.2, 0.25) is 5.91 Å². The number of hydrogen-bond donors (Lipinski definition) is 2. The van der Waals surface area contributed by atoms with Gasteiger partial charge in [0.15, 0.2) is 18.5 Å². The number of β-amino-alcohol motifs (C(OH)–C–C–N with tert-alkyl or cyclic N) is 1. The molecule has 4 atom stereocenters. The minimum absolute atomic E-state index is 0.114. The summed E-state index contributed by atoms with van der Waals surface area (Å²) in [6.07, 6.45) is 0.733. The molecule has 0 bridgehead atoms. The number of aliphatic imine (C=N–C) groups is 1. The van der Waals surface area contributed by atoms with E-state index in [1.807, 2.05) is 31.2 Å². The molecule has 2 N–H and O–H groups in total. The predicted octanol–water partition coefficient (Wildman–Crippen LogP) is 1.20. The Morgan fingerprint density at radius 3 is 2.69 bits per heavy atom. The summed E-state index contributed by atoms with van der Waals surface area (Å²) in [4.78, 5) is 52.0. The van der Waals surface area contributed by atoms with E-state index in [-0.39, 0.29) is 24.8 Å². The molecule has 3 amide bonds. The van der Waals surface area contributed by atoms with Crippen LogP contribution in [-0.2, 0) is 15.1 Å². The van der Waals surface area contributed by atoms with Crippen LogP contribution in [0.5, 0.6) is 0 Å². The average molecular weight is 502 g/mol. The highest BCUT2D eigenvalue weighted by Gasteiger charge is 2.48. The first-order valence-electron chi connectivity index (χ1n) is 12.0. The van der Waals surface area contributed by atoms with Crippen molar-refractivity contribution in [3.63, 3.8) is 0 Å². The lowest BCUT2D eigenvalue weighted by molar-refractivity contribution is -0.135. The molecule has 2 aromatic rings. The maximum Gasteiger partial charge on any atom is 0.257 e. The van der Waals surface area contributed by atoms with Gasteiger partial charge in [-0.2, -0.15) is 0 Å². The number of amides is 3. The lowest BCUT2D eigenvalue weighted by Crippen LogP contribution is -2.53. The van der Waals surface area contributed by atoms with Crippen molar-refractivity contribution in [3.05, 3.63) is 41.0 Å². The summed E-state index contributed by atoms with van der Waals surface area (Å²) >= 11 is 1.56. The second-order valence-electron chi connectivity index (χ2n) is 9.62. The third-order valence-corrected chi connectivity index (χ3v) is 8.30. The number of amidine groups is 1. The number of thiazole rings is 1. The highest BCUT2D eigenvalue weighted by Crippen LogP contribution is 2.35. The van der Waals surface area contributed by atoms with Crippen LogP contribution in [0.15, 0.2) is 34.8 Å². The van der Waals surface area contributed by atoms with Gasteiger partial charge in [-0.25, -0.2) is 9.98 Å². The lowest BCUT2D eigenvalue weighted by atomic mass is 9.55. The van der Waals surface area contributed by atoms with E-state index in [0.29, 0.717) is 25.2 Å². The number of benzene rings is 1. The highest BCUT2D eigenvalue weighted by atomic mass is 32.1. The first-order chi connectivity index (χ1) is 17.2. The second-order valence-corrected chi connectivity index (χ2v) is 10.5. The number of rotatable bonds is 5. The number of carbonyl (C=O) groups excluding carboxylic acids is 3. The van der Waals surface area contributed by atoms with Gasteiger partial charge < -0.3 is 20.2 Å². The zero-order valence-corrected chi connectivity index (χ0v) is 21.0. The monoisotopic (exact) mass is 502 g/mol. The summed E-state index contributed by atoms with van der Waals surface area (Å²) in [6, 6.07) is 6.46. The molecule has 2 saturated heterocycles. The lowest BCUT2D eigenvalue weighted by Gasteiger charge is -2.31. The van der Waals surface area contributed by atoms with Crippen molar-refractivity contribution in [2.24, 2.45) is 4.99 Å². The van der Waals surface area contributed by atoms with E-state index in [4.69, 9.17) is 12.7 Å². The molecule has 0 spiro atoms. The van der Waals surface area contributed by atoms with E-state index < -0.39 is 29.5 Å². The molecule has 3 aliphatic heterocycles. The maximum absolute atomic E-state index is 13.5. The third kappa shape index (κ3) is 4.16. The number of aromatic nitrogens is 1. The number of aryl methyl sites for hydroxylation is 1. The summed E-state index contributed by atoms with van der Waals surface area (Å²) in [5.41, 5.74) is 3.34. The van der Waals surface area contributed by atoms with E-state index in [1.165, 1.54) is 9.80 Å².